The minimum Gasteiger partial charge on any atom is -0.329 e. The SMILES string of the molecule is NCCN(Cc1cccc(Cl)c1F)C1CC1. The Kier molecular flexibility index (Phi) is 3.79. The van der Waals surface area contributed by atoms with Gasteiger partial charge in [0.1, 0.15) is 5.82 Å². The summed E-state index contributed by atoms with van der Waals surface area (Å²) in [6, 6.07) is 5.73. The molecular weight excluding hydrogens is 227 g/mol. The fraction of sp³-hybridized carbons (Fsp3) is 0.500. The minimum atomic E-state index is -0.299. The topological polar surface area (TPSA) is 29.3 Å². The molecule has 88 valence electrons. The molecule has 1 saturated carbocycles. The van der Waals surface area contributed by atoms with Gasteiger partial charge in [-0.05, 0) is 18.9 Å². The van der Waals surface area contributed by atoms with Crippen LogP contribution in [-0.4, -0.2) is 24.0 Å². The molecule has 2 N–H and O–H groups in total. The highest BCUT2D eigenvalue weighted by Crippen LogP contribution is 2.29. The fourth-order valence-corrected chi connectivity index (χ4v) is 2.08. The van der Waals surface area contributed by atoms with Gasteiger partial charge in [0.15, 0.2) is 0 Å². The van der Waals surface area contributed by atoms with Crippen molar-refractivity contribution in [2.45, 2.75) is 25.4 Å². The van der Waals surface area contributed by atoms with Gasteiger partial charge in [0.05, 0.1) is 5.02 Å². The van der Waals surface area contributed by atoms with Crippen LogP contribution in [0.3, 0.4) is 0 Å². The standard InChI is InChI=1S/C12H16ClFN2/c13-11-3-1-2-9(12(11)14)8-16(7-6-15)10-4-5-10/h1-3,10H,4-8,15H2. The Morgan fingerprint density at radius 2 is 2.19 bits per heavy atom. The number of nitrogens with zero attached hydrogens (tertiary/aromatic N) is 1. The molecule has 0 heterocycles. The molecule has 0 atom stereocenters. The lowest BCUT2D eigenvalue weighted by molar-refractivity contribution is 0.258. The number of halogens is 2. The first-order valence-electron chi connectivity index (χ1n) is 5.59. The van der Waals surface area contributed by atoms with E-state index in [9.17, 15) is 4.39 Å². The summed E-state index contributed by atoms with van der Waals surface area (Å²) in [5.41, 5.74) is 6.22. The van der Waals surface area contributed by atoms with Crippen molar-refractivity contribution in [2.24, 2.45) is 5.73 Å². The van der Waals surface area contributed by atoms with Gasteiger partial charge in [-0.2, -0.15) is 0 Å². The fourth-order valence-electron chi connectivity index (χ4n) is 1.89. The van der Waals surface area contributed by atoms with Crippen LogP contribution in [0.5, 0.6) is 0 Å². The summed E-state index contributed by atoms with van der Waals surface area (Å²) < 4.78 is 13.7. The summed E-state index contributed by atoms with van der Waals surface area (Å²) in [7, 11) is 0. The molecule has 0 aliphatic heterocycles. The van der Waals surface area contributed by atoms with Gasteiger partial charge in [0.2, 0.25) is 0 Å². The third-order valence-corrected chi connectivity index (χ3v) is 3.18. The predicted octanol–water partition coefficient (Wildman–Crippen LogP) is 2.40. The Labute approximate surface area is 100 Å². The van der Waals surface area contributed by atoms with Crippen LogP contribution in [0.15, 0.2) is 18.2 Å². The summed E-state index contributed by atoms with van der Waals surface area (Å²) in [6.45, 7) is 2.03. The van der Waals surface area contributed by atoms with Crippen molar-refractivity contribution in [2.75, 3.05) is 13.1 Å². The Bertz CT molecular complexity index is 366. The molecule has 0 bridgehead atoms. The van der Waals surface area contributed by atoms with Crippen molar-refractivity contribution in [1.82, 2.24) is 4.90 Å². The lowest BCUT2D eigenvalue weighted by atomic mass is 10.2. The smallest absolute Gasteiger partial charge is 0.146 e. The van der Waals surface area contributed by atoms with Crippen LogP contribution in [0.25, 0.3) is 0 Å². The normalized spacial score (nSPS) is 15.8. The molecule has 0 aromatic heterocycles. The van der Waals surface area contributed by atoms with Gasteiger partial charge in [-0.15, -0.1) is 0 Å². The van der Waals surface area contributed by atoms with Crippen LogP contribution in [0, 0.1) is 5.82 Å². The van der Waals surface area contributed by atoms with E-state index >= 15 is 0 Å². The van der Waals surface area contributed by atoms with Crippen molar-refractivity contribution >= 4 is 11.6 Å². The van der Waals surface area contributed by atoms with Crippen LogP contribution >= 0.6 is 11.6 Å². The van der Waals surface area contributed by atoms with Gasteiger partial charge in [-0.1, -0.05) is 23.7 Å². The zero-order valence-corrected chi connectivity index (χ0v) is 9.88. The molecule has 1 aromatic carbocycles. The zero-order chi connectivity index (χ0) is 11.5. The quantitative estimate of drug-likeness (QED) is 0.859. The van der Waals surface area contributed by atoms with Crippen molar-refractivity contribution in [3.05, 3.63) is 34.6 Å². The summed E-state index contributed by atoms with van der Waals surface area (Å²) in [6.07, 6.45) is 2.39. The van der Waals surface area contributed by atoms with E-state index < -0.39 is 0 Å². The Morgan fingerprint density at radius 3 is 2.81 bits per heavy atom. The molecule has 0 spiro atoms. The number of rotatable bonds is 5. The molecule has 2 nitrogen and oxygen atoms in total. The van der Waals surface area contributed by atoms with Gasteiger partial charge in [-0.25, -0.2) is 4.39 Å². The second-order valence-electron chi connectivity index (χ2n) is 4.20. The molecule has 1 aliphatic carbocycles. The van der Waals surface area contributed by atoms with E-state index in [1.807, 2.05) is 0 Å². The van der Waals surface area contributed by atoms with E-state index in [1.54, 1.807) is 18.2 Å². The lowest BCUT2D eigenvalue weighted by Gasteiger charge is -2.21. The van der Waals surface area contributed by atoms with E-state index in [1.165, 1.54) is 12.8 Å². The van der Waals surface area contributed by atoms with Gasteiger partial charge in [0, 0.05) is 31.2 Å². The van der Waals surface area contributed by atoms with Crippen LogP contribution in [-0.2, 0) is 6.54 Å². The van der Waals surface area contributed by atoms with E-state index in [0.29, 0.717) is 24.7 Å². The van der Waals surface area contributed by atoms with E-state index in [0.717, 1.165) is 6.54 Å². The van der Waals surface area contributed by atoms with Crippen LogP contribution in [0.4, 0.5) is 4.39 Å². The highest BCUT2D eigenvalue weighted by molar-refractivity contribution is 6.30. The van der Waals surface area contributed by atoms with Gasteiger partial charge in [0.25, 0.3) is 0 Å². The molecule has 2 rings (SSSR count). The Balaban J connectivity index is 2.08. The zero-order valence-electron chi connectivity index (χ0n) is 9.13. The van der Waals surface area contributed by atoms with Crippen molar-refractivity contribution in [1.29, 1.82) is 0 Å². The Hall–Kier alpha value is -0.640. The maximum Gasteiger partial charge on any atom is 0.146 e. The molecule has 0 saturated heterocycles. The largest absolute Gasteiger partial charge is 0.329 e. The average molecular weight is 243 g/mol. The highest BCUT2D eigenvalue weighted by Gasteiger charge is 2.28. The number of benzene rings is 1. The molecule has 4 heteroatoms. The second kappa shape index (κ2) is 5.13. The molecule has 1 aliphatic rings. The van der Waals surface area contributed by atoms with Crippen LogP contribution in [0.2, 0.25) is 5.02 Å². The molecule has 1 aromatic rings. The van der Waals surface area contributed by atoms with Crippen molar-refractivity contribution in [3.63, 3.8) is 0 Å². The van der Waals surface area contributed by atoms with Crippen LogP contribution < -0.4 is 5.73 Å². The van der Waals surface area contributed by atoms with E-state index in [2.05, 4.69) is 4.90 Å². The molecule has 0 unspecified atom stereocenters. The van der Waals surface area contributed by atoms with Gasteiger partial charge in [-0.3, -0.25) is 4.90 Å². The molecule has 16 heavy (non-hydrogen) atoms. The number of hydrogen-bond donors (Lipinski definition) is 1. The second-order valence-corrected chi connectivity index (χ2v) is 4.61. The summed E-state index contributed by atoms with van der Waals surface area (Å²) in [4.78, 5) is 2.23. The van der Waals surface area contributed by atoms with Gasteiger partial charge < -0.3 is 5.73 Å². The summed E-state index contributed by atoms with van der Waals surface area (Å²) in [5.74, 6) is -0.299. The van der Waals surface area contributed by atoms with Crippen molar-refractivity contribution < 1.29 is 4.39 Å². The Morgan fingerprint density at radius 1 is 1.44 bits per heavy atom. The van der Waals surface area contributed by atoms with Crippen LogP contribution in [0.1, 0.15) is 18.4 Å². The van der Waals surface area contributed by atoms with Crippen molar-refractivity contribution in [3.8, 4) is 0 Å². The highest BCUT2D eigenvalue weighted by atomic mass is 35.5. The monoisotopic (exact) mass is 242 g/mol. The lowest BCUT2D eigenvalue weighted by Crippen LogP contribution is -2.31. The van der Waals surface area contributed by atoms with Gasteiger partial charge >= 0.3 is 0 Å². The first-order valence-corrected chi connectivity index (χ1v) is 5.97. The minimum absolute atomic E-state index is 0.195. The number of nitrogens with two attached hydrogens (primary N) is 1. The first-order chi connectivity index (χ1) is 7.72. The maximum absolute atomic E-state index is 13.7. The predicted molar refractivity (Wildman–Crippen MR) is 63.9 cm³/mol. The molecular formula is C12H16ClFN2. The summed E-state index contributed by atoms with van der Waals surface area (Å²) in [5, 5.41) is 0.195. The molecule has 0 amide bonds. The third kappa shape index (κ3) is 2.73. The van der Waals surface area contributed by atoms with E-state index in [-0.39, 0.29) is 10.8 Å². The third-order valence-electron chi connectivity index (χ3n) is 2.88. The molecule has 0 radical (unpaired) electrons. The van der Waals surface area contributed by atoms with E-state index in [4.69, 9.17) is 17.3 Å². The first kappa shape index (κ1) is 11.8. The average Bonchev–Trinajstić information content (AvgIpc) is 3.07. The number of hydrogen-bond acceptors (Lipinski definition) is 2. The molecule has 1 fully saturated rings. The maximum atomic E-state index is 13.7. The summed E-state index contributed by atoms with van der Waals surface area (Å²) >= 11 is 5.75.